The van der Waals surface area contributed by atoms with E-state index in [0.717, 1.165) is 14.7 Å². The molecule has 18 heavy (non-hydrogen) atoms. The van der Waals surface area contributed by atoms with Gasteiger partial charge in [0.15, 0.2) is 0 Å². The highest BCUT2D eigenvalue weighted by Crippen LogP contribution is 2.22. The van der Waals surface area contributed by atoms with Gasteiger partial charge in [0.25, 0.3) is 5.91 Å². The van der Waals surface area contributed by atoms with E-state index in [1.807, 2.05) is 50.8 Å². The average molecular weight is 357 g/mol. The predicted molar refractivity (Wildman–Crippen MR) is 84.9 cm³/mol. The third-order valence-corrected chi connectivity index (χ3v) is 4.22. The number of nitrogens with zero attached hydrogens (tertiary/aromatic N) is 1. The van der Waals surface area contributed by atoms with E-state index in [0.29, 0.717) is 6.54 Å². The molecule has 0 N–H and O–H groups in total. The molecule has 1 aromatic rings. The van der Waals surface area contributed by atoms with Gasteiger partial charge in [0, 0.05) is 15.7 Å². The van der Waals surface area contributed by atoms with Crippen molar-refractivity contribution in [2.75, 3.05) is 6.54 Å². The second-order valence-corrected chi connectivity index (χ2v) is 6.39. The van der Waals surface area contributed by atoms with Crippen LogP contribution in [0.15, 0.2) is 30.9 Å². The van der Waals surface area contributed by atoms with Crippen LogP contribution in [0.3, 0.4) is 0 Å². The summed E-state index contributed by atoms with van der Waals surface area (Å²) in [6.45, 7) is 12.4. The van der Waals surface area contributed by atoms with Gasteiger partial charge in [-0.3, -0.25) is 4.79 Å². The Morgan fingerprint density at radius 3 is 2.56 bits per heavy atom. The minimum absolute atomic E-state index is 0.0653. The maximum atomic E-state index is 12.6. The molecule has 1 amide bonds. The van der Waals surface area contributed by atoms with Crippen molar-refractivity contribution >= 4 is 28.5 Å². The van der Waals surface area contributed by atoms with Crippen LogP contribution in [-0.4, -0.2) is 22.9 Å². The number of carbonyl (C=O) groups is 1. The van der Waals surface area contributed by atoms with Crippen LogP contribution in [0.2, 0.25) is 0 Å². The Morgan fingerprint density at radius 2 is 2.06 bits per heavy atom. The lowest BCUT2D eigenvalue weighted by molar-refractivity contribution is 0.0615. The molecule has 3 heteroatoms. The standard InChI is InChI=1S/C15H20INO/c1-6-10-17(15(3,4)5)14(18)12-9-7-8-11(2)13(12)16/h6-9H,1,10H2,2-5H3. The topological polar surface area (TPSA) is 20.3 Å². The smallest absolute Gasteiger partial charge is 0.255 e. The second-order valence-electron chi connectivity index (χ2n) is 5.31. The lowest BCUT2D eigenvalue weighted by Gasteiger charge is -2.35. The first-order valence-corrected chi connectivity index (χ1v) is 7.05. The van der Waals surface area contributed by atoms with E-state index in [9.17, 15) is 4.79 Å². The first kappa shape index (κ1) is 15.2. The quantitative estimate of drug-likeness (QED) is 0.591. The van der Waals surface area contributed by atoms with Gasteiger partial charge in [-0.15, -0.1) is 6.58 Å². The SMILES string of the molecule is C=CCN(C(=O)c1cccc(C)c1I)C(C)(C)C. The zero-order valence-electron chi connectivity index (χ0n) is 11.5. The maximum Gasteiger partial charge on any atom is 0.255 e. The van der Waals surface area contributed by atoms with Gasteiger partial charge in [-0.2, -0.15) is 0 Å². The molecule has 0 radical (unpaired) electrons. The van der Waals surface area contributed by atoms with Gasteiger partial charge >= 0.3 is 0 Å². The first-order chi connectivity index (χ1) is 8.29. The van der Waals surface area contributed by atoms with Crippen molar-refractivity contribution in [2.45, 2.75) is 33.2 Å². The number of rotatable bonds is 3. The zero-order chi connectivity index (χ0) is 13.9. The van der Waals surface area contributed by atoms with Crippen LogP contribution in [0, 0.1) is 10.5 Å². The summed E-state index contributed by atoms with van der Waals surface area (Å²) in [7, 11) is 0. The number of aryl methyl sites for hydroxylation is 1. The largest absolute Gasteiger partial charge is 0.330 e. The molecule has 1 aromatic carbocycles. The normalized spacial score (nSPS) is 11.2. The van der Waals surface area contributed by atoms with Crippen molar-refractivity contribution in [3.8, 4) is 0 Å². The van der Waals surface area contributed by atoms with Crippen molar-refractivity contribution in [3.63, 3.8) is 0 Å². The third-order valence-electron chi connectivity index (χ3n) is 2.79. The summed E-state index contributed by atoms with van der Waals surface area (Å²) >= 11 is 2.24. The lowest BCUT2D eigenvalue weighted by Crippen LogP contribution is -2.45. The van der Waals surface area contributed by atoms with E-state index in [2.05, 4.69) is 29.2 Å². The minimum Gasteiger partial charge on any atom is -0.330 e. The van der Waals surface area contributed by atoms with E-state index in [1.54, 1.807) is 6.08 Å². The van der Waals surface area contributed by atoms with E-state index >= 15 is 0 Å². The fourth-order valence-electron chi connectivity index (χ4n) is 1.75. The summed E-state index contributed by atoms with van der Waals surface area (Å²) in [5.41, 5.74) is 1.69. The monoisotopic (exact) mass is 357 g/mol. The number of hydrogen-bond acceptors (Lipinski definition) is 1. The first-order valence-electron chi connectivity index (χ1n) is 5.97. The summed E-state index contributed by atoms with van der Waals surface area (Å²) in [4.78, 5) is 14.5. The molecule has 0 bridgehead atoms. The van der Waals surface area contributed by atoms with Crippen LogP contribution in [0.25, 0.3) is 0 Å². The molecule has 0 atom stereocenters. The molecule has 98 valence electrons. The van der Waals surface area contributed by atoms with E-state index < -0.39 is 0 Å². The zero-order valence-corrected chi connectivity index (χ0v) is 13.6. The van der Waals surface area contributed by atoms with Gasteiger partial charge < -0.3 is 4.90 Å². The van der Waals surface area contributed by atoms with Crippen molar-refractivity contribution < 1.29 is 4.79 Å². The highest BCUT2D eigenvalue weighted by molar-refractivity contribution is 14.1. The molecule has 0 aliphatic carbocycles. The fourth-order valence-corrected chi connectivity index (χ4v) is 2.34. The van der Waals surface area contributed by atoms with Crippen LogP contribution in [-0.2, 0) is 0 Å². The van der Waals surface area contributed by atoms with Crippen molar-refractivity contribution in [1.29, 1.82) is 0 Å². The van der Waals surface area contributed by atoms with Crippen molar-refractivity contribution in [3.05, 3.63) is 45.6 Å². The van der Waals surface area contributed by atoms with Gasteiger partial charge in [0.05, 0.1) is 5.56 Å². The molecule has 1 rings (SSSR count). The van der Waals surface area contributed by atoms with Crippen molar-refractivity contribution in [1.82, 2.24) is 4.90 Å². The number of carbonyl (C=O) groups excluding carboxylic acids is 1. The predicted octanol–water partition coefficient (Wildman–Crippen LogP) is 4.03. The minimum atomic E-state index is -0.210. The van der Waals surface area contributed by atoms with Crippen LogP contribution >= 0.6 is 22.6 Å². The Morgan fingerprint density at radius 1 is 1.44 bits per heavy atom. The Hall–Kier alpha value is -0.840. The maximum absolute atomic E-state index is 12.6. The molecule has 0 fully saturated rings. The molecular formula is C15H20INO. The Balaban J connectivity index is 3.18. The lowest BCUT2D eigenvalue weighted by atomic mass is 10.0. The molecule has 0 spiro atoms. The molecular weight excluding hydrogens is 337 g/mol. The molecule has 0 saturated heterocycles. The van der Waals surface area contributed by atoms with Gasteiger partial charge in [0.1, 0.15) is 0 Å². The second kappa shape index (κ2) is 5.87. The summed E-state index contributed by atoms with van der Waals surface area (Å²) in [5.74, 6) is 0.0653. The van der Waals surface area contributed by atoms with Crippen LogP contribution in [0.5, 0.6) is 0 Å². The number of halogens is 1. The number of hydrogen-bond donors (Lipinski definition) is 0. The van der Waals surface area contributed by atoms with Crippen molar-refractivity contribution in [2.24, 2.45) is 0 Å². The van der Waals surface area contributed by atoms with Gasteiger partial charge in [0.2, 0.25) is 0 Å². The van der Waals surface area contributed by atoms with Gasteiger partial charge in [-0.25, -0.2) is 0 Å². The summed E-state index contributed by atoms with van der Waals surface area (Å²) < 4.78 is 1.03. The Bertz CT molecular complexity index is 460. The highest BCUT2D eigenvalue weighted by atomic mass is 127. The highest BCUT2D eigenvalue weighted by Gasteiger charge is 2.27. The van der Waals surface area contributed by atoms with E-state index in [1.165, 1.54) is 0 Å². The van der Waals surface area contributed by atoms with Crippen LogP contribution in [0.1, 0.15) is 36.7 Å². The molecule has 0 aromatic heterocycles. The van der Waals surface area contributed by atoms with Gasteiger partial charge in [-0.1, -0.05) is 18.2 Å². The van der Waals surface area contributed by atoms with E-state index in [4.69, 9.17) is 0 Å². The third kappa shape index (κ3) is 3.34. The van der Waals surface area contributed by atoms with E-state index in [-0.39, 0.29) is 11.4 Å². The van der Waals surface area contributed by atoms with Crippen LogP contribution in [0.4, 0.5) is 0 Å². The summed E-state index contributed by atoms with van der Waals surface area (Å²) in [6.07, 6.45) is 1.77. The summed E-state index contributed by atoms with van der Waals surface area (Å²) in [6, 6.07) is 5.84. The molecule has 0 aliphatic rings. The Kier molecular flexibility index (Phi) is 4.96. The Labute approximate surface area is 123 Å². The molecule has 0 aliphatic heterocycles. The molecule has 0 unspecified atom stereocenters. The fraction of sp³-hybridized carbons (Fsp3) is 0.400. The van der Waals surface area contributed by atoms with Gasteiger partial charge in [-0.05, 0) is 61.9 Å². The number of benzene rings is 1. The molecule has 2 nitrogen and oxygen atoms in total. The van der Waals surface area contributed by atoms with Crippen LogP contribution < -0.4 is 0 Å². The average Bonchev–Trinajstić information content (AvgIpc) is 2.27. The number of amides is 1. The summed E-state index contributed by atoms with van der Waals surface area (Å²) in [5, 5.41) is 0. The molecule has 0 heterocycles. The molecule has 0 saturated carbocycles.